The number of piperazine rings is 1. The molecular weight excluding hydrogens is 344 g/mol. The first-order valence-electron chi connectivity index (χ1n) is 9.48. The Morgan fingerprint density at radius 2 is 2.00 bits per heavy atom. The van der Waals surface area contributed by atoms with E-state index in [-0.39, 0.29) is 5.91 Å². The third-order valence-corrected chi connectivity index (χ3v) is 6.33. The molecule has 1 fully saturated rings. The van der Waals surface area contributed by atoms with Gasteiger partial charge in [-0.15, -0.1) is 11.3 Å². The first-order chi connectivity index (χ1) is 12.7. The van der Waals surface area contributed by atoms with Crippen molar-refractivity contribution in [2.24, 2.45) is 5.92 Å². The fourth-order valence-corrected chi connectivity index (χ4v) is 4.95. The Hall–Kier alpha value is -1.92. The number of nitrogens with zero attached hydrogens (tertiary/aromatic N) is 3. The van der Waals surface area contributed by atoms with E-state index in [4.69, 9.17) is 0 Å². The first-order valence-corrected chi connectivity index (χ1v) is 10.3. The smallest absolute Gasteiger partial charge is 0.240 e. The second-order valence-electron chi connectivity index (χ2n) is 7.38. The van der Waals surface area contributed by atoms with E-state index in [9.17, 15) is 4.79 Å². The average molecular weight is 371 g/mol. The molecule has 0 saturated carbocycles. The van der Waals surface area contributed by atoms with Crippen LogP contribution in [-0.4, -0.2) is 48.5 Å². The van der Waals surface area contributed by atoms with Gasteiger partial charge in [0.15, 0.2) is 5.13 Å². The summed E-state index contributed by atoms with van der Waals surface area (Å²) in [7, 11) is 0. The Bertz CT molecular complexity index is 752. The van der Waals surface area contributed by atoms with Crippen LogP contribution in [-0.2, 0) is 17.6 Å². The van der Waals surface area contributed by atoms with Gasteiger partial charge < -0.3 is 10.2 Å². The fourth-order valence-electron chi connectivity index (χ4n) is 3.76. The quantitative estimate of drug-likeness (QED) is 0.899. The van der Waals surface area contributed by atoms with Gasteiger partial charge in [-0.3, -0.25) is 9.69 Å². The molecular formula is C20H26N4OS. The lowest BCUT2D eigenvalue weighted by atomic mass is 9.93. The molecule has 0 radical (unpaired) electrons. The highest BCUT2D eigenvalue weighted by Crippen LogP contribution is 2.32. The van der Waals surface area contributed by atoms with Gasteiger partial charge in [-0.05, 0) is 37.3 Å². The van der Waals surface area contributed by atoms with E-state index < -0.39 is 0 Å². The lowest BCUT2D eigenvalue weighted by Crippen LogP contribution is -2.48. The number of amides is 1. The van der Waals surface area contributed by atoms with Crippen LogP contribution in [0, 0.1) is 5.92 Å². The molecule has 1 aromatic carbocycles. The van der Waals surface area contributed by atoms with Crippen molar-refractivity contribution in [1.29, 1.82) is 0 Å². The average Bonchev–Trinajstić information content (AvgIpc) is 3.04. The zero-order valence-electron chi connectivity index (χ0n) is 15.3. The molecule has 1 aliphatic heterocycles. The molecule has 1 saturated heterocycles. The maximum atomic E-state index is 12.4. The van der Waals surface area contributed by atoms with Crippen LogP contribution in [0.15, 0.2) is 30.3 Å². The minimum Gasteiger partial charge on any atom is -0.369 e. The number of aryl methyl sites for hydroxylation is 1. The summed E-state index contributed by atoms with van der Waals surface area (Å²) in [4.78, 5) is 23.0. The molecule has 1 aliphatic carbocycles. The van der Waals surface area contributed by atoms with Crippen molar-refractivity contribution < 1.29 is 4.79 Å². The molecule has 5 nitrogen and oxygen atoms in total. The molecule has 4 rings (SSSR count). The Kier molecular flexibility index (Phi) is 5.22. The number of anilines is 2. The fraction of sp³-hybridized carbons (Fsp3) is 0.500. The van der Waals surface area contributed by atoms with E-state index in [0.717, 1.165) is 50.1 Å². The van der Waals surface area contributed by atoms with Crippen molar-refractivity contribution in [3.8, 4) is 0 Å². The highest BCUT2D eigenvalue weighted by molar-refractivity contribution is 7.15. The molecule has 1 atom stereocenters. The zero-order valence-corrected chi connectivity index (χ0v) is 16.1. The molecule has 0 spiro atoms. The monoisotopic (exact) mass is 370 g/mol. The molecule has 26 heavy (non-hydrogen) atoms. The number of benzene rings is 1. The highest BCUT2D eigenvalue weighted by Gasteiger charge is 2.22. The van der Waals surface area contributed by atoms with Crippen LogP contribution in [0.2, 0.25) is 0 Å². The third-order valence-electron chi connectivity index (χ3n) is 5.29. The van der Waals surface area contributed by atoms with E-state index in [2.05, 4.69) is 51.3 Å². The second kappa shape index (κ2) is 7.76. The van der Waals surface area contributed by atoms with Crippen LogP contribution in [0.1, 0.15) is 23.9 Å². The topological polar surface area (TPSA) is 48.5 Å². The number of aromatic nitrogens is 1. The number of nitrogens with one attached hydrogen (secondary N) is 1. The minimum atomic E-state index is 0.0531. The summed E-state index contributed by atoms with van der Waals surface area (Å²) in [5.74, 6) is 0.782. The van der Waals surface area contributed by atoms with Crippen LogP contribution < -0.4 is 10.2 Å². The van der Waals surface area contributed by atoms with Crippen LogP contribution in [0.5, 0.6) is 0 Å². The number of carbonyl (C=O) groups is 1. The van der Waals surface area contributed by atoms with Gasteiger partial charge in [-0.25, -0.2) is 4.98 Å². The number of para-hydroxylation sites is 1. The molecule has 138 valence electrons. The van der Waals surface area contributed by atoms with Crippen molar-refractivity contribution in [1.82, 2.24) is 9.88 Å². The van der Waals surface area contributed by atoms with Crippen molar-refractivity contribution in [3.05, 3.63) is 40.9 Å². The van der Waals surface area contributed by atoms with Crippen molar-refractivity contribution >= 4 is 28.1 Å². The van der Waals surface area contributed by atoms with Gasteiger partial charge in [0.25, 0.3) is 0 Å². The number of hydrogen-bond donors (Lipinski definition) is 1. The highest BCUT2D eigenvalue weighted by atomic mass is 32.1. The van der Waals surface area contributed by atoms with E-state index in [1.807, 2.05) is 6.07 Å². The molecule has 6 heteroatoms. The van der Waals surface area contributed by atoms with Crippen LogP contribution >= 0.6 is 11.3 Å². The predicted octanol–water partition coefficient (Wildman–Crippen LogP) is 3.03. The first kappa shape index (κ1) is 17.5. The van der Waals surface area contributed by atoms with E-state index in [0.29, 0.717) is 6.54 Å². The summed E-state index contributed by atoms with van der Waals surface area (Å²) in [5, 5.41) is 3.79. The molecule has 1 N–H and O–H groups in total. The molecule has 2 heterocycles. The van der Waals surface area contributed by atoms with E-state index in [1.165, 1.54) is 22.7 Å². The summed E-state index contributed by atoms with van der Waals surface area (Å²) in [6.45, 7) is 6.48. The second-order valence-corrected chi connectivity index (χ2v) is 8.47. The van der Waals surface area contributed by atoms with Gasteiger partial charge in [-0.2, -0.15) is 0 Å². The number of thiazole rings is 1. The van der Waals surface area contributed by atoms with Gasteiger partial charge in [0.05, 0.1) is 12.2 Å². The summed E-state index contributed by atoms with van der Waals surface area (Å²) >= 11 is 1.66. The van der Waals surface area contributed by atoms with Gasteiger partial charge in [0.1, 0.15) is 0 Å². The molecule has 1 amide bonds. The number of carbonyl (C=O) groups excluding carboxylic acids is 1. The van der Waals surface area contributed by atoms with Crippen molar-refractivity contribution in [2.75, 3.05) is 42.9 Å². The largest absolute Gasteiger partial charge is 0.369 e. The lowest BCUT2D eigenvalue weighted by molar-refractivity contribution is -0.117. The predicted molar refractivity (Wildman–Crippen MR) is 107 cm³/mol. The van der Waals surface area contributed by atoms with Crippen LogP contribution in [0.4, 0.5) is 10.8 Å². The molecule has 1 aromatic heterocycles. The van der Waals surface area contributed by atoms with Gasteiger partial charge in [0.2, 0.25) is 5.91 Å². The third kappa shape index (κ3) is 4.07. The Morgan fingerprint density at radius 1 is 1.23 bits per heavy atom. The van der Waals surface area contributed by atoms with Crippen LogP contribution in [0.3, 0.4) is 0 Å². The molecule has 2 aliphatic rings. The van der Waals surface area contributed by atoms with Gasteiger partial charge >= 0.3 is 0 Å². The molecule has 2 aromatic rings. The molecule has 0 bridgehead atoms. The lowest BCUT2D eigenvalue weighted by Gasteiger charge is -2.35. The van der Waals surface area contributed by atoms with E-state index >= 15 is 0 Å². The van der Waals surface area contributed by atoms with Gasteiger partial charge in [0, 0.05) is 36.7 Å². The molecule has 0 unspecified atom stereocenters. The number of hydrogen-bond acceptors (Lipinski definition) is 5. The maximum absolute atomic E-state index is 12.4. The van der Waals surface area contributed by atoms with Crippen molar-refractivity contribution in [3.63, 3.8) is 0 Å². The standard InChI is InChI=1S/C20H26N4OS/c1-15-7-8-17-18(13-15)26-20(21-17)22-19(25)14-23-9-11-24(12-10-23)16-5-3-2-4-6-16/h2-6,15H,7-14H2,1H3,(H,21,22,25)/t15-/m1/s1. The van der Waals surface area contributed by atoms with Crippen molar-refractivity contribution in [2.45, 2.75) is 26.2 Å². The van der Waals surface area contributed by atoms with Crippen LogP contribution in [0.25, 0.3) is 0 Å². The van der Waals surface area contributed by atoms with E-state index in [1.54, 1.807) is 11.3 Å². The number of rotatable bonds is 4. The summed E-state index contributed by atoms with van der Waals surface area (Å²) in [5.41, 5.74) is 2.46. The minimum absolute atomic E-state index is 0.0531. The normalized spacial score (nSPS) is 20.7. The number of fused-ring (bicyclic) bond motifs is 1. The summed E-state index contributed by atoms with van der Waals surface area (Å²) in [6, 6.07) is 10.5. The summed E-state index contributed by atoms with van der Waals surface area (Å²) in [6.07, 6.45) is 3.35. The zero-order chi connectivity index (χ0) is 17.9. The summed E-state index contributed by atoms with van der Waals surface area (Å²) < 4.78 is 0. The SMILES string of the molecule is C[C@@H]1CCc2nc(NC(=O)CN3CCN(c4ccccc4)CC3)sc2C1. The Morgan fingerprint density at radius 3 is 2.77 bits per heavy atom. The Balaban J connectivity index is 1.27. The van der Waals surface area contributed by atoms with Gasteiger partial charge in [-0.1, -0.05) is 25.1 Å². The maximum Gasteiger partial charge on any atom is 0.240 e. The Labute approximate surface area is 159 Å².